The maximum atomic E-state index is 12.1. The Morgan fingerprint density at radius 2 is 2.04 bits per heavy atom. The van der Waals surface area contributed by atoms with Crippen molar-refractivity contribution in [3.05, 3.63) is 48.1 Å². The van der Waals surface area contributed by atoms with Gasteiger partial charge in [-0.3, -0.25) is 10.1 Å². The fourth-order valence-corrected chi connectivity index (χ4v) is 3.72. The first-order valence-electron chi connectivity index (χ1n) is 7.29. The fraction of sp³-hybridized carbons (Fsp3) is 0.0625. The van der Waals surface area contributed by atoms with E-state index in [1.807, 2.05) is 41.8 Å². The second-order valence-electron chi connectivity index (χ2n) is 4.93. The molecule has 0 unspecified atom stereocenters. The molecular weight excluding hydrogens is 358 g/mol. The van der Waals surface area contributed by atoms with Crippen LogP contribution in [0.2, 0.25) is 0 Å². The van der Waals surface area contributed by atoms with Crippen LogP contribution in [0.5, 0.6) is 0 Å². The molecule has 0 fully saturated rings. The molecule has 3 heterocycles. The van der Waals surface area contributed by atoms with Crippen LogP contribution in [-0.4, -0.2) is 31.8 Å². The van der Waals surface area contributed by atoms with E-state index in [0.717, 1.165) is 20.8 Å². The van der Waals surface area contributed by atoms with Crippen molar-refractivity contribution in [2.45, 2.75) is 5.03 Å². The molecule has 9 heteroatoms. The zero-order valence-electron chi connectivity index (χ0n) is 12.7. The Labute approximate surface area is 150 Å². The number of nitrogens with zero attached hydrogens (tertiary/aromatic N) is 4. The van der Waals surface area contributed by atoms with E-state index in [9.17, 15) is 4.79 Å². The molecule has 0 aliphatic rings. The van der Waals surface area contributed by atoms with Gasteiger partial charge in [-0.25, -0.2) is 9.97 Å². The second-order valence-corrected chi connectivity index (χ2v) is 6.79. The number of fused-ring (bicyclic) bond motifs is 1. The van der Waals surface area contributed by atoms with E-state index in [2.05, 4.69) is 25.5 Å². The minimum absolute atomic E-state index is 0.0767. The van der Waals surface area contributed by atoms with Gasteiger partial charge in [0.25, 0.3) is 0 Å². The first-order valence-corrected chi connectivity index (χ1v) is 9.16. The highest BCUT2D eigenvalue weighted by atomic mass is 32.2. The molecule has 25 heavy (non-hydrogen) atoms. The lowest BCUT2D eigenvalue weighted by Crippen LogP contribution is -2.14. The van der Waals surface area contributed by atoms with Gasteiger partial charge in [-0.15, -0.1) is 16.4 Å². The van der Waals surface area contributed by atoms with Gasteiger partial charge in [0.15, 0.2) is 0 Å². The predicted molar refractivity (Wildman–Crippen MR) is 96.5 cm³/mol. The number of hydrogen-bond donors (Lipinski definition) is 1. The van der Waals surface area contributed by atoms with Gasteiger partial charge in [0.05, 0.1) is 5.75 Å². The highest BCUT2D eigenvalue weighted by Gasteiger charge is 2.13. The molecular formula is C16H11N5O2S2. The molecule has 0 aliphatic carbocycles. The average molecular weight is 369 g/mol. The van der Waals surface area contributed by atoms with E-state index in [4.69, 9.17) is 4.42 Å². The quantitative estimate of drug-likeness (QED) is 0.425. The summed E-state index contributed by atoms with van der Waals surface area (Å²) in [6, 6.07) is 11.4. The molecule has 0 saturated carbocycles. The van der Waals surface area contributed by atoms with Crippen LogP contribution in [0.3, 0.4) is 0 Å². The first kappa shape index (κ1) is 15.7. The third-order valence-corrected chi connectivity index (χ3v) is 5.08. The molecule has 7 nitrogen and oxygen atoms in total. The molecule has 1 N–H and O–H groups in total. The molecule has 0 spiro atoms. The summed E-state index contributed by atoms with van der Waals surface area (Å²) in [4.78, 5) is 21.4. The highest BCUT2D eigenvalue weighted by molar-refractivity contribution is 8.00. The molecule has 0 atom stereocenters. The third-order valence-electron chi connectivity index (χ3n) is 3.26. The molecule has 0 bridgehead atoms. The summed E-state index contributed by atoms with van der Waals surface area (Å²) in [6.07, 6.45) is 1.50. The van der Waals surface area contributed by atoms with E-state index in [1.54, 1.807) is 11.3 Å². The fourth-order valence-electron chi connectivity index (χ4n) is 2.14. The number of carbonyl (C=O) groups excluding carboxylic acids is 1. The Morgan fingerprint density at radius 1 is 1.16 bits per heavy atom. The lowest BCUT2D eigenvalue weighted by molar-refractivity contribution is -0.113. The number of carbonyl (C=O) groups is 1. The van der Waals surface area contributed by atoms with Crippen molar-refractivity contribution in [2.75, 3.05) is 11.1 Å². The monoisotopic (exact) mass is 369 g/mol. The van der Waals surface area contributed by atoms with Crippen molar-refractivity contribution in [3.8, 4) is 11.5 Å². The molecule has 0 radical (unpaired) electrons. The summed E-state index contributed by atoms with van der Waals surface area (Å²) < 4.78 is 5.46. The van der Waals surface area contributed by atoms with E-state index >= 15 is 0 Å². The van der Waals surface area contributed by atoms with Crippen molar-refractivity contribution in [2.24, 2.45) is 0 Å². The van der Waals surface area contributed by atoms with Crippen LogP contribution in [-0.2, 0) is 4.79 Å². The Hall–Kier alpha value is -2.78. The summed E-state index contributed by atoms with van der Waals surface area (Å²) in [5.74, 6) is 0.306. The standard InChI is InChI=1S/C16H11N5O2S2/c22-12(8-25-15-11-6-7-24-14(11)17-9-18-15)19-16-21-20-13(23-16)10-4-2-1-3-5-10/h1-7,9H,8H2,(H,19,21,22). The van der Waals surface area contributed by atoms with Crippen LogP contribution in [0.15, 0.2) is 57.5 Å². The SMILES string of the molecule is O=C(CSc1ncnc2sccc12)Nc1nnc(-c2ccccc2)o1. The number of anilines is 1. The third kappa shape index (κ3) is 3.52. The van der Waals surface area contributed by atoms with Crippen molar-refractivity contribution < 1.29 is 9.21 Å². The van der Waals surface area contributed by atoms with Crippen molar-refractivity contribution in [1.82, 2.24) is 20.2 Å². The lowest BCUT2D eigenvalue weighted by atomic mass is 10.2. The molecule has 3 aromatic heterocycles. The molecule has 4 aromatic rings. The van der Waals surface area contributed by atoms with Crippen LogP contribution in [0.4, 0.5) is 6.01 Å². The summed E-state index contributed by atoms with van der Waals surface area (Å²) in [5.41, 5.74) is 0.797. The smallest absolute Gasteiger partial charge is 0.322 e. The van der Waals surface area contributed by atoms with E-state index in [1.165, 1.54) is 18.1 Å². The largest absolute Gasteiger partial charge is 0.403 e. The number of amides is 1. The maximum absolute atomic E-state index is 12.1. The predicted octanol–water partition coefficient (Wildman–Crippen LogP) is 3.47. The lowest BCUT2D eigenvalue weighted by Gasteiger charge is -2.01. The molecule has 1 amide bonds. The normalized spacial score (nSPS) is 10.9. The minimum atomic E-state index is -0.241. The number of hydrogen-bond acceptors (Lipinski definition) is 8. The summed E-state index contributed by atoms with van der Waals surface area (Å²) in [6.45, 7) is 0. The van der Waals surface area contributed by atoms with Crippen molar-refractivity contribution in [3.63, 3.8) is 0 Å². The average Bonchev–Trinajstić information content (AvgIpc) is 3.30. The topological polar surface area (TPSA) is 93.8 Å². The van der Waals surface area contributed by atoms with Crippen LogP contribution >= 0.6 is 23.1 Å². The Bertz CT molecular complexity index is 1020. The summed E-state index contributed by atoms with van der Waals surface area (Å²) in [7, 11) is 0. The molecule has 4 rings (SSSR count). The number of aromatic nitrogens is 4. The Morgan fingerprint density at radius 3 is 2.92 bits per heavy atom. The zero-order valence-corrected chi connectivity index (χ0v) is 14.4. The molecule has 0 aliphatic heterocycles. The first-order chi connectivity index (χ1) is 12.3. The minimum Gasteiger partial charge on any atom is -0.403 e. The van der Waals surface area contributed by atoms with E-state index < -0.39 is 0 Å². The van der Waals surface area contributed by atoms with Crippen LogP contribution in [0, 0.1) is 0 Å². The number of thiophene rings is 1. The molecule has 1 aromatic carbocycles. The summed E-state index contributed by atoms with van der Waals surface area (Å²) in [5, 5.41) is 14.1. The van der Waals surface area contributed by atoms with Gasteiger partial charge in [-0.05, 0) is 23.6 Å². The number of benzene rings is 1. The van der Waals surface area contributed by atoms with Gasteiger partial charge in [-0.1, -0.05) is 35.1 Å². The number of nitrogens with one attached hydrogen (secondary N) is 1. The van der Waals surface area contributed by atoms with E-state index in [0.29, 0.717) is 5.89 Å². The van der Waals surface area contributed by atoms with Gasteiger partial charge in [-0.2, -0.15) is 0 Å². The van der Waals surface area contributed by atoms with Crippen LogP contribution in [0.1, 0.15) is 0 Å². The van der Waals surface area contributed by atoms with Crippen molar-refractivity contribution in [1.29, 1.82) is 0 Å². The summed E-state index contributed by atoms with van der Waals surface area (Å²) >= 11 is 2.88. The Kier molecular flexibility index (Phi) is 4.40. The van der Waals surface area contributed by atoms with Gasteiger partial charge in [0.2, 0.25) is 11.8 Å². The van der Waals surface area contributed by atoms with Crippen LogP contribution in [0.25, 0.3) is 21.7 Å². The second kappa shape index (κ2) is 6.99. The van der Waals surface area contributed by atoms with Gasteiger partial charge < -0.3 is 4.42 Å². The highest BCUT2D eigenvalue weighted by Crippen LogP contribution is 2.27. The van der Waals surface area contributed by atoms with Gasteiger partial charge in [0, 0.05) is 10.9 Å². The maximum Gasteiger partial charge on any atom is 0.322 e. The number of thioether (sulfide) groups is 1. The van der Waals surface area contributed by atoms with Crippen LogP contribution < -0.4 is 5.32 Å². The van der Waals surface area contributed by atoms with Crippen molar-refractivity contribution >= 4 is 45.2 Å². The zero-order chi connectivity index (χ0) is 17.1. The molecule has 124 valence electrons. The van der Waals surface area contributed by atoms with E-state index in [-0.39, 0.29) is 17.7 Å². The number of rotatable bonds is 5. The Balaban J connectivity index is 1.40. The van der Waals surface area contributed by atoms with Gasteiger partial charge in [0.1, 0.15) is 16.2 Å². The van der Waals surface area contributed by atoms with Gasteiger partial charge >= 0.3 is 6.01 Å². The molecule has 0 saturated heterocycles.